The highest BCUT2D eigenvalue weighted by atomic mass is 16.3. The van der Waals surface area contributed by atoms with E-state index in [-0.39, 0.29) is 6.10 Å². The summed E-state index contributed by atoms with van der Waals surface area (Å²) in [5, 5.41) is 24.4. The molecule has 114 valence electrons. The maximum absolute atomic E-state index is 10.2. The molecule has 3 unspecified atom stereocenters. The number of nitrogens with two attached hydrogens (primary N) is 1. The minimum atomic E-state index is -0.506. The van der Waals surface area contributed by atoms with Crippen molar-refractivity contribution in [2.24, 2.45) is 5.92 Å². The smallest absolute Gasteiger partial charge is 0.0862 e. The first-order valence-corrected chi connectivity index (χ1v) is 7.26. The van der Waals surface area contributed by atoms with E-state index in [2.05, 4.69) is 16.9 Å². The van der Waals surface area contributed by atoms with Gasteiger partial charge in [-0.1, -0.05) is 6.92 Å². The van der Waals surface area contributed by atoms with Gasteiger partial charge >= 0.3 is 0 Å². The summed E-state index contributed by atoms with van der Waals surface area (Å²) in [6.45, 7) is 8.40. The highest BCUT2D eigenvalue weighted by Gasteiger charge is 2.25. The number of aryl methyl sites for hydroxylation is 1. The van der Waals surface area contributed by atoms with E-state index in [0.29, 0.717) is 31.2 Å². The molecule has 0 aromatic carbocycles. The third kappa shape index (κ3) is 3.31. The molecule has 0 bridgehead atoms. The number of aliphatic hydroxyl groups excluding tert-OH is 2. The molecule has 0 saturated carbocycles. The van der Waals surface area contributed by atoms with Crippen molar-refractivity contribution in [3.63, 3.8) is 0 Å². The van der Waals surface area contributed by atoms with Gasteiger partial charge in [-0.2, -0.15) is 5.10 Å². The van der Waals surface area contributed by atoms with E-state index in [9.17, 15) is 10.2 Å². The Hall–Kier alpha value is -1.11. The standard InChI is InChI=1S/C14H26N4O2/c1-9-4-5-17(8-13(9)20)6-12(19)7-18-11(3)14(15)10(2)16-18/h9,12-13,19-20H,4-8,15H2,1-3H3. The molecule has 1 aromatic heterocycles. The largest absolute Gasteiger partial charge is 0.396 e. The van der Waals surface area contributed by atoms with E-state index >= 15 is 0 Å². The second kappa shape index (κ2) is 6.11. The molecule has 1 aliphatic heterocycles. The molecular formula is C14H26N4O2. The molecule has 1 fully saturated rings. The van der Waals surface area contributed by atoms with Gasteiger partial charge in [0.2, 0.25) is 0 Å². The van der Waals surface area contributed by atoms with E-state index in [1.54, 1.807) is 4.68 Å². The predicted molar refractivity (Wildman–Crippen MR) is 78.3 cm³/mol. The zero-order valence-corrected chi connectivity index (χ0v) is 12.6. The van der Waals surface area contributed by atoms with Crippen molar-refractivity contribution in [1.82, 2.24) is 14.7 Å². The lowest BCUT2D eigenvalue weighted by Gasteiger charge is -2.35. The van der Waals surface area contributed by atoms with Crippen molar-refractivity contribution in [2.75, 3.05) is 25.4 Å². The van der Waals surface area contributed by atoms with Gasteiger partial charge in [-0.05, 0) is 32.7 Å². The zero-order valence-electron chi connectivity index (χ0n) is 12.6. The van der Waals surface area contributed by atoms with Gasteiger partial charge in [0.25, 0.3) is 0 Å². The van der Waals surface area contributed by atoms with Crippen LogP contribution in [-0.4, -0.2) is 56.7 Å². The second-order valence-corrected chi connectivity index (χ2v) is 6.01. The van der Waals surface area contributed by atoms with Crippen LogP contribution in [0.5, 0.6) is 0 Å². The van der Waals surface area contributed by atoms with Crippen LogP contribution in [0.4, 0.5) is 5.69 Å². The van der Waals surface area contributed by atoms with Crippen LogP contribution in [0.1, 0.15) is 24.7 Å². The SMILES string of the molecule is Cc1nn(CC(O)CN2CCC(C)C(O)C2)c(C)c1N. The molecule has 6 nitrogen and oxygen atoms in total. The fourth-order valence-electron chi connectivity index (χ4n) is 2.72. The summed E-state index contributed by atoms with van der Waals surface area (Å²) in [6.07, 6.45) is 0.175. The Morgan fingerprint density at radius 2 is 2.10 bits per heavy atom. The maximum atomic E-state index is 10.2. The quantitative estimate of drug-likeness (QED) is 0.731. The fourth-order valence-corrected chi connectivity index (χ4v) is 2.72. The minimum Gasteiger partial charge on any atom is -0.396 e. The number of piperidine rings is 1. The monoisotopic (exact) mass is 282 g/mol. The molecular weight excluding hydrogens is 256 g/mol. The number of aliphatic hydroxyl groups is 2. The summed E-state index contributed by atoms with van der Waals surface area (Å²) in [5.74, 6) is 0.346. The number of hydrogen-bond donors (Lipinski definition) is 3. The highest BCUT2D eigenvalue weighted by Crippen LogP contribution is 2.18. The van der Waals surface area contributed by atoms with Crippen molar-refractivity contribution in [2.45, 2.75) is 45.9 Å². The van der Waals surface area contributed by atoms with E-state index in [1.165, 1.54) is 0 Å². The summed E-state index contributed by atoms with van der Waals surface area (Å²) < 4.78 is 1.76. The summed E-state index contributed by atoms with van der Waals surface area (Å²) in [4.78, 5) is 2.12. The van der Waals surface area contributed by atoms with Gasteiger partial charge in [-0.25, -0.2) is 0 Å². The number of nitrogen functional groups attached to an aromatic ring is 1. The van der Waals surface area contributed by atoms with Gasteiger partial charge in [0.05, 0.1) is 35.8 Å². The Morgan fingerprint density at radius 3 is 2.65 bits per heavy atom. The molecule has 0 amide bonds. The predicted octanol–water partition coefficient (Wildman–Crippen LogP) is 0.146. The van der Waals surface area contributed by atoms with Crippen LogP contribution >= 0.6 is 0 Å². The Kier molecular flexibility index (Phi) is 4.67. The maximum Gasteiger partial charge on any atom is 0.0862 e. The molecule has 6 heteroatoms. The molecule has 0 aliphatic carbocycles. The van der Waals surface area contributed by atoms with Gasteiger partial charge < -0.3 is 15.9 Å². The van der Waals surface area contributed by atoms with Crippen LogP contribution in [0.2, 0.25) is 0 Å². The Labute approximate surface area is 120 Å². The molecule has 1 aliphatic rings. The van der Waals surface area contributed by atoms with E-state index in [0.717, 1.165) is 24.4 Å². The molecule has 2 rings (SSSR count). The van der Waals surface area contributed by atoms with E-state index in [1.807, 2.05) is 13.8 Å². The molecule has 0 radical (unpaired) electrons. The average molecular weight is 282 g/mol. The van der Waals surface area contributed by atoms with Crippen LogP contribution in [0, 0.1) is 19.8 Å². The van der Waals surface area contributed by atoms with Crippen molar-refractivity contribution in [3.8, 4) is 0 Å². The molecule has 0 spiro atoms. The average Bonchev–Trinajstić information content (AvgIpc) is 2.61. The minimum absolute atomic E-state index is 0.291. The van der Waals surface area contributed by atoms with Gasteiger partial charge in [0.15, 0.2) is 0 Å². The fraction of sp³-hybridized carbons (Fsp3) is 0.786. The lowest BCUT2D eigenvalue weighted by Crippen LogP contribution is -2.46. The Bertz CT molecular complexity index is 460. The first-order chi connectivity index (χ1) is 9.38. The number of hydrogen-bond acceptors (Lipinski definition) is 5. The molecule has 3 atom stereocenters. The molecule has 20 heavy (non-hydrogen) atoms. The third-order valence-electron chi connectivity index (χ3n) is 4.29. The normalized spacial score (nSPS) is 25.9. The van der Waals surface area contributed by atoms with E-state index in [4.69, 9.17) is 5.73 Å². The summed E-state index contributed by atoms with van der Waals surface area (Å²) in [5.41, 5.74) is 8.28. The van der Waals surface area contributed by atoms with Crippen molar-refractivity contribution >= 4 is 5.69 Å². The number of rotatable bonds is 4. The number of likely N-dealkylation sites (tertiary alicyclic amines) is 1. The van der Waals surface area contributed by atoms with Gasteiger partial charge in [0.1, 0.15) is 0 Å². The van der Waals surface area contributed by atoms with Gasteiger partial charge in [0, 0.05) is 13.1 Å². The number of β-amino-alcohol motifs (C(OH)–C–C–N with tert-alkyl or cyclic N) is 2. The first-order valence-electron chi connectivity index (χ1n) is 7.26. The second-order valence-electron chi connectivity index (χ2n) is 6.01. The third-order valence-corrected chi connectivity index (χ3v) is 4.29. The Balaban J connectivity index is 1.89. The summed E-state index contributed by atoms with van der Waals surface area (Å²) in [6, 6.07) is 0. The van der Waals surface area contributed by atoms with Crippen LogP contribution in [0.25, 0.3) is 0 Å². The number of aromatic nitrogens is 2. The van der Waals surface area contributed by atoms with Gasteiger partial charge in [-0.3, -0.25) is 9.58 Å². The summed E-state index contributed by atoms with van der Waals surface area (Å²) in [7, 11) is 0. The highest BCUT2D eigenvalue weighted by molar-refractivity contribution is 5.46. The lowest BCUT2D eigenvalue weighted by molar-refractivity contribution is 0.00544. The topological polar surface area (TPSA) is 87.5 Å². The van der Waals surface area contributed by atoms with Crippen molar-refractivity contribution in [3.05, 3.63) is 11.4 Å². The van der Waals surface area contributed by atoms with E-state index < -0.39 is 6.10 Å². The number of anilines is 1. The van der Waals surface area contributed by atoms with Crippen molar-refractivity contribution in [1.29, 1.82) is 0 Å². The van der Waals surface area contributed by atoms with Crippen LogP contribution < -0.4 is 5.73 Å². The molecule has 4 N–H and O–H groups in total. The lowest BCUT2D eigenvalue weighted by atomic mass is 9.96. The molecule has 1 saturated heterocycles. The van der Waals surface area contributed by atoms with Crippen LogP contribution in [0.3, 0.4) is 0 Å². The first kappa shape index (κ1) is 15.3. The van der Waals surface area contributed by atoms with Crippen LogP contribution in [-0.2, 0) is 6.54 Å². The molecule has 2 heterocycles. The molecule has 1 aromatic rings. The Morgan fingerprint density at radius 1 is 1.40 bits per heavy atom. The van der Waals surface area contributed by atoms with Crippen molar-refractivity contribution < 1.29 is 10.2 Å². The van der Waals surface area contributed by atoms with Gasteiger partial charge in [-0.15, -0.1) is 0 Å². The number of nitrogens with zero attached hydrogens (tertiary/aromatic N) is 3. The van der Waals surface area contributed by atoms with Crippen LogP contribution in [0.15, 0.2) is 0 Å². The summed E-state index contributed by atoms with van der Waals surface area (Å²) >= 11 is 0. The zero-order chi connectivity index (χ0) is 14.9.